The third-order valence-corrected chi connectivity index (χ3v) is 3.66. The third kappa shape index (κ3) is 7.62. The molecule has 0 spiro atoms. The van der Waals surface area contributed by atoms with E-state index in [1.807, 2.05) is 36.0 Å². The maximum atomic E-state index is 9.31. The van der Waals surface area contributed by atoms with Crippen molar-refractivity contribution in [1.82, 2.24) is 0 Å². The van der Waals surface area contributed by atoms with E-state index in [-0.39, 0.29) is 17.9 Å². The number of nitrogens with two attached hydrogens (primary N) is 1. The molecule has 1 aromatic rings. The quantitative estimate of drug-likeness (QED) is 0.721. The van der Waals surface area contributed by atoms with Crippen molar-refractivity contribution in [2.75, 3.05) is 25.5 Å². The maximum Gasteiger partial charge on any atom is 0.119 e. The molecular weight excluding hydrogens is 274 g/mol. The second kappa shape index (κ2) is 8.39. The van der Waals surface area contributed by atoms with Crippen molar-refractivity contribution in [3.05, 3.63) is 24.3 Å². The Bertz CT molecular complexity index is 376. The van der Waals surface area contributed by atoms with Gasteiger partial charge in [0.15, 0.2) is 0 Å². The Kier molecular flexibility index (Phi) is 7.19. The lowest BCUT2D eigenvalue weighted by molar-refractivity contribution is 0.114. The zero-order valence-electron chi connectivity index (χ0n) is 12.5. The zero-order chi connectivity index (χ0) is 15.0. The van der Waals surface area contributed by atoms with Gasteiger partial charge in [-0.1, -0.05) is 20.8 Å². The Morgan fingerprint density at radius 3 is 2.20 bits per heavy atom. The van der Waals surface area contributed by atoms with Gasteiger partial charge in [0.2, 0.25) is 0 Å². The Hall–Kier alpha value is -0.910. The lowest BCUT2D eigenvalue weighted by atomic mass is 10.3. The molecule has 0 aromatic heterocycles. The third-order valence-electron chi connectivity index (χ3n) is 2.43. The van der Waals surface area contributed by atoms with Crippen LogP contribution in [-0.2, 0) is 0 Å². The highest BCUT2D eigenvalue weighted by Gasteiger charge is 2.09. The molecule has 1 rings (SSSR count). The van der Waals surface area contributed by atoms with Gasteiger partial charge in [-0.15, -0.1) is 0 Å². The zero-order valence-corrected chi connectivity index (χ0v) is 13.3. The number of ether oxygens (including phenoxy) is 2. The molecular formula is C15H25NO3S. The van der Waals surface area contributed by atoms with Crippen LogP contribution in [0, 0.1) is 0 Å². The number of rotatable bonds is 8. The second-order valence-electron chi connectivity index (χ2n) is 5.48. The van der Waals surface area contributed by atoms with Crippen LogP contribution in [0.25, 0.3) is 0 Å². The van der Waals surface area contributed by atoms with Gasteiger partial charge in [-0.25, -0.2) is 0 Å². The highest BCUT2D eigenvalue weighted by Crippen LogP contribution is 2.23. The van der Waals surface area contributed by atoms with E-state index in [1.54, 1.807) is 0 Å². The highest BCUT2D eigenvalue weighted by molar-refractivity contribution is 8.00. The monoisotopic (exact) mass is 299 g/mol. The molecule has 1 atom stereocenters. The van der Waals surface area contributed by atoms with Crippen molar-refractivity contribution >= 4 is 11.8 Å². The van der Waals surface area contributed by atoms with Crippen LogP contribution in [0.4, 0.5) is 0 Å². The van der Waals surface area contributed by atoms with Crippen LogP contribution in [0.1, 0.15) is 20.8 Å². The van der Waals surface area contributed by atoms with Gasteiger partial charge < -0.3 is 20.3 Å². The van der Waals surface area contributed by atoms with Gasteiger partial charge in [0.25, 0.3) is 0 Å². The van der Waals surface area contributed by atoms with Crippen molar-refractivity contribution in [1.29, 1.82) is 0 Å². The van der Waals surface area contributed by atoms with E-state index in [4.69, 9.17) is 15.2 Å². The minimum atomic E-state index is -0.625. The molecule has 0 saturated heterocycles. The van der Waals surface area contributed by atoms with Gasteiger partial charge >= 0.3 is 0 Å². The number of thioether (sulfide) groups is 1. The van der Waals surface area contributed by atoms with E-state index in [0.717, 1.165) is 11.5 Å². The Labute approximate surface area is 125 Å². The predicted octanol–water partition coefficient (Wildman–Crippen LogP) is 2.30. The summed E-state index contributed by atoms with van der Waals surface area (Å²) < 4.78 is 11.3. The van der Waals surface area contributed by atoms with Crippen molar-refractivity contribution in [3.63, 3.8) is 0 Å². The normalized spacial score (nSPS) is 13.1. The van der Waals surface area contributed by atoms with Crippen LogP contribution in [0.5, 0.6) is 11.5 Å². The molecule has 0 fully saturated rings. The maximum absolute atomic E-state index is 9.31. The molecule has 1 unspecified atom stereocenters. The molecule has 3 N–H and O–H groups in total. The smallest absolute Gasteiger partial charge is 0.119 e. The van der Waals surface area contributed by atoms with Crippen LogP contribution >= 0.6 is 11.8 Å². The summed E-state index contributed by atoms with van der Waals surface area (Å²) in [6, 6.07) is 7.39. The first-order valence-electron chi connectivity index (χ1n) is 6.78. The average Bonchev–Trinajstić information content (AvgIpc) is 2.41. The van der Waals surface area contributed by atoms with Gasteiger partial charge in [0.05, 0.1) is 6.61 Å². The number of aliphatic hydroxyl groups is 1. The first kappa shape index (κ1) is 17.1. The Balaban J connectivity index is 2.28. The average molecular weight is 299 g/mol. The number of hydrogen-bond acceptors (Lipinski definition) is 5. The summed E-state index contributed by atoms with van der Waals surface area (Å²) in [6.07, 6.45) is -0.625. The van der Waals surface area contributed by atoms with E-state index in [1.165, 1.54) is 0 Å². The van der Waals surface area contributed by atoms with Gasteiger partial charge in [-0.05, 0) is 24.3 Å². The van der Waals surface area contributed by atoms with Crippen LogP contribution < -0.4 is 15.2 Å². The topological polar surface area (TPSA) is 64.7 Å². The van der Waals surface area contributed by atoms with E-state index in [0.29, 0.717) is 12.4 Å². The number of hydrogen-bond donors (Lipinski definition) is 2. The van der Waals surface area contributed by atoms with Gasteiger partial charge in [0, 0.05) is 17.0 Å². The van der Waals surface area contributed by atoms with Crippen LogP contribution in [-0.4, -0.2) is 41.5 Å². The number of aliphatic hydroxyl groups excluding tert-OH is 1. The second-order valence-corrected chi connectivity index (χ2v) is 7.40. The molecule has 0 bridgehead atoms. The lowest BCUT2D eigenvalue weighted by Crippen LogP contribution is -2.26. The van der Waals surface area contributed by atoms with Crippen LogP contribution in [0.2, 0.25) is 0 Å². The lowest BCUT2D eigenvalue weighted by Gasteiger charge is -2.17. The largest absolute Gasteiger partial charge is 0.493 e. The van der Waals surface area contributed by atoms with E-state index >= 15 is 0 Å². The summed E-state index contributed by atoms with van der Waals surface area (Å²) in [5, 5.41) is 9.31. The molecule has 0 heterocycles. The molecule has 20 heavy (non-hydrogen) atoms. The summed E-state index contributed by atoms with van der Waals surface area (Å²) in [5.74, 6) is 2.49. The van der Waals surface area contributed by atoms with Crippen LogP contribution in [0.15, 0.2) is 24.3 Å². The first-order chi connectivity index (χ1) is 9.40. The molecule has 0 saturated carbocycles. The highest BCUT2D eigenvalue weighted by atomic mass is 32.2. The fraction of sp³-hybridized carbons (Fsp3) is 0.600. The van der Waals surface area contributed by atoms with Crippen molar-refractivity contribution in [2.45, 2.75) is 31.6 Å². The van der Waals surface area contributed by atoms with Crippen LogP contribution in [0.3, 0.4) is 0 Å². The molecule has 0 aliphatic heterocycles. The molecule has 4 nitrogen and oxygen atoms in total. The van der Waals surface area contributed by atoms with Crippen molar-refractivity contribution in [3.8, 4) is 11.5 Å². The molecule has 114 valence electrons. The molecule has 5 heteroatoms. The fourth-order valence-corrected chi connectivity index (χ4v) is 2.18. The summed E-state index contributed by atoms with van der Waals surface area (Å²) in [6.45, 7) is 7.68. The fourth-order valence-electron chi connectivity index (χ4n) is 1.40. The molecule has 0 aliphatic rings. The summed E-state index contributed by atoms with van der Waals surface area (Å²) >= 11 is 1.88. The van der Waals surface area contributed by atoms with Crippen molar-refractivity contribution < 1.29 is 14.6 Å². The SMILES string of the molecule is CC(C)(C)SCCOc1ccc(OCC(O)CN)cc1. The summed E-state index contributed by atoms with van der Waals surface area (Å²) in [7, 11) is 0. The van der Waals surface area contributed by atoms with Crippen molar-refractivity contribution in [2.24, 2.45) is 5.73 Å². The molecule has 0 amide bonds. The summed E-state index contributed by atoms with van der Waals surface area (Å²) in [4.78, 5) is 0. The van der Waals surface area contributed by atoms with Gasteiger partial charge in [-0.2, -0.15) is 11.8 Å². The first-order valence-corrected chi connectivity index (χ1v) is 7.77. The molecule has 0 radical (unpaired) electrons. The summed E-state index contributed by atoms with van der Waals surface area (Å²) in [5.41, 5.74) is 5.31. The van der Waals surface area contributed by atoms with E-state index in [2.05, 4.69) is 20.8 Å². The standard InChI is InChI=1S/C15H25NO3S/c1-15(2,3)20-9-8-18-13-4-6-14(7-5-13)19-11-12(17)10-16/h4-7,12,17H,8-11,16H2,1-3H3. The minimum absolute atomic E-state index is 0.201. The predicted molar refractivity (Wildman–Crippen MR) is 84.7 cm³/mol. The Morgan fingerprint density at radius 2 is 1.70 bits per heavy atom. The Morgan fingerprint density at radius 1 is 1.15 bits per heavy atom. The minimum Gasteiger partial charge on any atom is -0.493 e. The van der Waals surface area contributed by atoms with Gasteiger partial charge in [-0.3, -0.25) is 0 Å². The molecule has 0 aliphatic carbocycles. The van der Waals surface area contributed by atoms with E-state index < -0.39 is 6.10 Å². The molecule has 1 aromatic carbocycles. The van der Waals surface area contributed by atoms with Gasteiger partial charge in [0.1, 0.15) is 24.2 Å². The number of benzene rings is 1. The van der Waals surface area contributed by atoms with E-state index in [9.17, 15) is 5.11 Å².